The van der Waals surface area contributed by atoms with Gasteiger partial charge in [-0.25, -0.2) is 0 Å². The third-order valence-corrected chi connectivity index (χ3v) is 7.17. The van der Waals surface area contributed by atoms with Crippen LogP contribution in [-0.4, -0.2) is 27.9 Å². The highest BCUT2D eigenvalue weighted by Crippen LogP contribution is 2.50. The first kappa shape index (κ1) is 23.0. The summed E-state index contributed by atoms with van der Waals surface area (Å²) in [6.07, 6.45) is 4.32. The van der Waals surface area contributed by atoms with Crippen LogP contribution in [0.25, 0.3) is 0 Å². The predicted molar refractivity (Wildman–Crippen MR) is 131 cm³/mol. The quantitative estimate of drug-likeness (QED) is 0.401. The van der Waals surface area contributed by atoms with E-state index in [9.17, 15) is 19.7 Å². The van der Waals surface area contributed by atoms with Gasteiger partial charge in [0.1, 0.15) is 12.4 Å². The van der Waals surface area contributed by atoms with Gasteiger partial charge in [0.15, 0.2) is 11.6 Å². The maximum absolute atomic E-state index is 13.3. The van der Waals surface area contributed by atoms with E-state index in [2.05, 4.69) is 11.8 Å². The molecule has 0 bridgehead atoms. The summed E-state index contributed by atoms with van der Waals surface area (Å²) in [5, 5.41) is 10.9. The molecule has 2 aromatic rings. The van der Waals surface area contributed by atoms with E-state index >= 15 is 0 Å². The number of nitro groups is 1. The number of para-hydroxylation sites is 1. The molecule has 2 aliphatic carbocycles. The minimum Gasteiger partial charge on any atom is -0.489 e. The summed E-state index contributed by atoms with van der Waals surface area (Å²) in [4.78, 5) is 39.4. The van der Waals surface area contributed by atoms with Gasteiger partial charge in [0.2, 0.25) is 0 Å². The van der Waals surface area contributed by atoms with Crippen LogP contribution in [-0.2, 0) is 16.2 Å². The third-order valence-electron chi connectivity index (χ3n) is 7.17. The number of ketones is 2. The van der Waals surface area contributed by atoms with Crippen LogP contribution in [0.4, 0.5) is 5.69 Å². The molecule has 0 saturated carbocycles. The Morgan fingerprint density at radius 3 is 2.09 bits per heavy atom. The maximum Gasteiger partial charge on any atom is 0.269 e. The number of carbonyl (C=O) groups is 2. The summed E-state index contributed by atoms with van der Waals surface area (Å²) in [5.41, 5.74) is 5.28. The van der Waals surface area contributed by atoms with Gasteiger partial charge in [0, 0.05) is 65.5 Å². The van der Waals surface area contributed by atoms with Crippen LogP contribution < -0.4 is 4.74 Å². The average molecular weight is 473 g/mol. The van der Waals surface area contributed by atoms with Gasteiger partial charge in [-0.2, -0.15) is 0 Å². The number of carbonyl (C=O) groups excluding carboxylic acids is 2. The molecule has 1 aliphatic heterocycles. The molecule has 1 heterocycles. The van der Waals surface area contributed by atoms with E-state index < -0.39 is 10.8 Å². The summed E-state index contributed by atoms with van der Waals surface area (Å²) in [6.45, 7) is 3.04. The standard InChI is InChI=1S/C28H28N2O5/c1-2-29-21-8-5-10-23(31)27(21)26(28-22(29)9-6-11-24(28)32)20-7-3-4-12-25(20)35-17-18-13-15-19(16-14-18)30(33)34/h3-4,7,12-16,26H,2,5-6,8-11,17H2,1H3. The van der Waals surface area contributed by atoms with E-state index in [4.69, 9.17) is 4.74 Å². The molecule has 7 heteroatoms. The van der Waals surface area contributed by atoms with Crippen molar-refractivity contribution in [3.05, 3.63) is 92.3 Å². The SMILES string of the molecule is CCN1C2=C(C(=O)CCC2)C(c2ccccc2OCc2ccc([N+](=O)[O-])cc2)C2=C1CCCC2=O. The second-order valence-corrected chi connectivity index (χ2v) is 9.20. The van der Waals surface area contributed by atoms with E-state index in [1.54, 1.807) is 12.1 Å². The number of hydrogen-bond donors (Lipinski definition) is 0. The normalized spacial score (nSPS) is 18.5. The third kappa shape index (κ3) is 4.16. The summed E-state index contributed by atoms with van der Waals surface area (Å²) in [7, 11) is 0. The number of allylic oxidation sites excluding steroid dienone is 4. The predicted octanol–water partition coefficient (Wildman–Crippen LogP) is 5.61. The Morgan fingerprint density at radius 1 is 0.914 bits per heavy atom. The lowest BCUT2D eigenvalue weighted by Crippen LogP contribution is -2.39. The number of rotatable bonds is 6. The van der Waals surface area contributed by atoms with E-state index in [0.29, 0.717) is 18.6 Å². The molecule has 180 valence electrons. The van der Waals surface area contributed by atoms with E-state index in [0.717, 1.165) is 65.9 Å². The van der Waals surface area contributed by atoms with Gasteiger partial charge >= 0.3 is 0 Å². The molecule has 2 aromatic carbocycles. The molecule has 0 fully saturated rings. The maximum atomic E-state index is 13.3. The van der Waals surface area contributed by atoms with Crippen molar-refractivity contribution in [2.45, 2.75) is 58.0 Å². The Balaban J connectivity index is 1.56. The van der Waals surface area contributed by atoms with Gasteiger partial charge in [0.25, 0.3) is 5.69 Å². The van der Waals surface area contributed by atoms with Gasteiger partial charge < -0.3 is 9.64 Å². The smallest absolute Gasteiger partial charge is 0.269 e. The van der Waals surface area contributed by atoms with Crippen LogP contribution in [0.1, 0.15) is 62.5 Å². The lowest BCUT2D eigenvalue weighted by Gasteiger charge is -2.43. The second kappa shape index (κ2) is 9.49. The van der Waals surface area contributed by atoms with Crippen molar-refractivity contribution in [1.29, 1.82) is 0 Å². The summed E-state index contributed by atoms with van der Waals surface area (Å²) in [6, 6.07) is 13.9. The Labute approximate surface area is 204 Å². The van der Waals surface area contributed by atoms with Crippen LogP contribution in [0.3, 0.4) is 0 Å². The molecule has 0 unspecified atom stereocenters. The zero-order valence-electron chi connectivity index (χ0n) is 19.8. The topological polar surface area (TPSA) is 89.8 Å². The van der Waals surface area contributed by atoms with Crippen LogP contribution >= 0.6 is 0 Å². The molecule has 0 radical (unpaired) electrons. The Hall–Kier alpha value is -3.74. The van der Waals surface area contributed by atoms with E-state index in [1.807, 2.05) is 24.3 Å². The highest BCUT2D eigenvalue weighted by molar-refractivity contribution is 6.06. The Kier molecular flexibility index (Phi) is 6.24. The van der Waals surface area contributed by atoms with Gasteiger partial charge in [0.05, 0.1) is 4.92 Å². The highest BCUT2D eigenvalue weighted by Gasteiger charge is 2.43. The van der Waals surface area contributed by atoms with Gasteiger partial charge in [-0.05, 0) is 56.4 Å². The molecule has 0 amide bonds. The first-order valence-electron chi connectivity index (χ1n) is 12.2. The van der Waals surface area contributed by atoms with Crippen LogP contribution in [0.5, 0.6) is 5.75 Å². The molecular weight excluding hydrogens is 444 g/mol. The molecule has 35 heavy (non-hydrogen) atoms. The van der Waals surface area contributed by atoms with Crippen molar-refractivity contribution in [3.8, 4) is 5.75 Å². The number of hydrogen-bond acceptors (Lipinski definition) is 6. The van der Waals surface area contributed by atoms with Crippen molar-refractivity contribution in [3.63, 3.8) is 0 Å². The largest absolute Gasteiger partial charge is 0.489 e. The van der Waals surface area contributed by atoms with Crippen molar-refractivity contribution in [2.24, 2.45) is 0 Å². The van der Waals surface area contributed by atoms with Crippen LogP contribution in [0.15, 0.2) is 71.1 Å². The highest BCUT2D eigenvalue weighted by atomic mass is 16.6. The van der Waals surface area contributed by atoms with Crippen molar-refractivity contribution < 1.29 is 19.2 Å². The Morgan fingerprint density at radius 2 is 1.51 bits per heavy atom. The molecule has 0 N–H and O–H groups in total. The first-order valence-corrected chi connectivity index (χ1v) is 12.2. The lowest BCUT2D eigenvalue weighted by atomic mass is 9.70. The minimum atomic E-state index is -0.429. The molecule has 0 atom stereocenters. The second-order valence-electron chi connectivity index (χ2n) is 9.20. The molecule has 0 saturated heterocycles. The van der Waals surface area contributed by atoms with Crippen molar-refractivity contribution in [1.82, 2.24) is 4.90 Å². The summed E-state index contributed by atoms with van der Waals surface area (Å²) >= 11 is 0. The fourth-order valence-corrected chi connectivity index (χ4v) is 5.63. The van der Waals surface area contributed by atoms with Crippen molar-refractivity contribution in [2.75, 3.05) is 6.54 Å². The first-order chi connectivity index (χ1) is 17.0. The van der Waals surface area contributed by atoms with Crippen LogP contribution in [0.2, 0.25) is 0 Å². The molecular formula is C28H28N2O5. The number of Topliss-reactive ketones (excluding diaryl/α,β-unsaturated/α-hetero) is 2. The monoisotopic (exact) mass is 472 g/mol. The zero-order chi connectivity index (χ0) is 24.5. The molecule has 7 nitrogen and oxygen atoms in total. The summed E-state index contributed by atoms with van der Waals surface area (Å²) in [5.74, 6) is 0.433. The number of nitro benzene ring substituents is 1. The Bertz CT molecular complexity index is 1210. The molecule has 3 aliphatic rings. The van der Waals surface area contributed by atoms with Gasteiger partial charge in [-0.3, -0.25) is 19.7 Å². The fourth-order valence-electron chi connectivity index (χ4n) is 5.63. The molecule has 0 spiro atoms. The number of benzene rings is 2. The number of nitrogens with zero attached hydrogens (tertiary/aromatic N) is 2. The number of non-ortho nitro benzene ring substituents is 1. The van der Waals surface area contributed by atoms with E-state index in [1.165, 1.54) is 12.1 Å². The molecule has 0 aromatic heterocycles. The number of ether oxygens (including phenoxy) is 1. The van der Waals surface area contributed by atoms with Crippen molar-refractivity contribution >= 4 is 17.3 Å². The fraction of sp³-hybridized carbons (Fsp3) is 0.357. The minimum absolute atomic E-state index is 0.0300. The average Bonchev–Trinajstić information content (AvgIpc) is 2.87. The van der Waals surface area contributed by atoms with Gasteiger partial charge in [-0.1, -0.05) is 18.2 Å². The zero-order valence-corrected chi connectivity index (χ0v) is 19.8. The van der Waals surface area contributed by atoms with E-state index in [-0.39, 0.29) is 23.9 Å². The molecule has 5 rings (SSSR count). The summed E-state index contributed by atoms with van der Waals surface area (Å²) < 4.78 is 6.21. The van der Waals surface area contributed by atoms with Crippen LogP contribution in [0, 0.1) is 10.1 Å². The van der Waals surface area contributed by atoms with Gasteiger partial charge in [-0.15, -0.1) is 0 Å². The lowest BCUT2D eigenvalue weighted by molar-refractivity contribution is -0.384.